The van der Waals surface area contributed by atoms with Gasteiger partial charge in [0.2, 0.25) is 5.75 Å². The molecule has 1 amide bonds. The summed E-state index contributed by atoms with van der Waals surface area (Å²) in [5, 5.41) is 0. The monoisotopic (exact) mass is 488 g/mol. The molecular formula is C25H32N2O4S2. The number of benzene rings is 2. The van der Waals surface area contributed by atoms with E-state index >= 15 is 0 Å². The lowest BCUT2D eigenvalue weighted by atomic mass is 10.1. The molecule has 2 aromatic carbocycles. The average Bonchev–Trinajstić information content (AvgIpc) is 3.11. The topological polar surface area (TPSA) is 62.0 Å². The largest absolute Gasteiger partial charge is 0.490 e. The van der Waals surface area contributed by atoms with Crippen LogP contribution in [0.2, 0.25) is 0 Å². The van der Waals surface area contributed by atoms with Crippen molar-refractivity contribution >= 4 is 39.2 Å². The Hall–Kier alpha value is -2.45. The summed E-state index contributed by atoms with van der Waals surface area (Å²) in [4.78, 5) is 18.6. The van der Waals surface area contributed by atoms with Gasteiger partial charge >= 0.3 is 0 Å². The molecule has 0 aliphatic heterocycles. The Morgan fingerprint density at radius 3 is 2.21 bits per heavy atom. The Morgan fingerprint density at radius 2 is 1.64 bits per heavy atom. The maximum absolute atomic E-state index is 13.3. The standard InChI is InChI=1S/C25H32N2O4S2/c1-7-29-20-14-18(15-21(30-8-2)22(20)31-9-3)24(28)26-25-27(10-11-32-6)19-13-16(4)12-17(5)23(19)33-25/h12-15H,7-11H2,1-6H3. The van der Waals surface area contributed by atoms with Gasteiger partial charge in [-0.25, -0.2) is 0 Å². The highest BCUT2D eigenvalue weighted by molar-refractivity contribution is 7.98. The van der Waals surface area contributed by atoms with Gasteiger partial charge in [-0.2, -0.15) is 16.8 Å². The fraction of sp³-hybridized carbons (Fsp3) is 0.440. The number of hydrogen-bond acceptors (Lipinski definition) is 6. The molecular weight excluding hydrogens is 456 g/mol. The molecule has 33 heavy (non-hydrogen) atoms. The Kier molecular flexibility index (Phi) is 8.86. The van der Waals surface area contributed by atoms with Crippen LogP contribution in [0.25, 0.3) is 10.2 Å². The van der Waals surface area contributed by atoms with Crippen molar-refractivity contribution < 1.29 is 19.0 Å². The summed E-state index contributed by atoms with van der Waals surface area (Å²) in [6, 6.07) is 7.72. The smallest absolute Gasteiger partial charge is 0.279 e. The van der Waals surface area contributed by atoms with E-state index in [2.05, 4.69) is 41.8 Å². The van der Waals surface area contributed by atoms with E-state index in [-0.39, 0.29) is 5.91 Å². The number of rotatable bonds is 10. The van der Waals surface area contributed by atoms with E-state index in [1.807, 2.05) is 20.8 Å². The van der Waals surface area contributed by atoms with Gasteiger partial charge in [-0.3, -0.25) is 4.79 Å². The zero-order valence-corrected chi connectivity index (χ0v) is 21.8. The number of ether oxygens (including phenoxy) is 3. The third kappa shape index (κ3) is 5.73. The molecule has 1 aromatic heterocycles. The Labute approximate surface area is 203 Å². The quantitative estimate of drug-likeness (QED) is 0.371. The Balaban J connectivity index is 2.15. The van der Waals surface area contributed by atoms with Crippen molar-refractivity contribution in [1.29, 1.82) is 0 Å². The van der Waals surface area contributed by atoms with Crippen LogP contribution in [0.3, 0.4) is 0 Å². The summed E-state index contributed by atoms with van der Waals surface area (Å²) >= 11 is 3.32. The van der Waals surface area contributed by atoms with Crippen LogP contribution in [0.4, 0.5) is 0 Å². The summed E-state index contributed by atoms with van der Waals surface area (Å²) < 4.78 is 20.6. The van der Waals surface area contributed by atoms with Crippen molar-refractivity contribution in [1.82, 2.24) is 4.57 Å². The van der Waals surface area contributed by atoms with Gasteiger partial charge in [0.25, 0.3) is 5.91 Å². The number of aryl methyl sites for hydroxylation is 3. The maximum atomic E-state index is 13.3. The van der Waals surface area contributed by atoms with Gasteiger partial charge in [-0.1, -0.05) is 17.4 Å². The van der Waals surface area contributed by atoms with Gasteiger partial charge in [0.15, 0.2) is 16.3 Å². The van der Waals surface area contributed by atoms with E-state index in [4.69, 9.17) is 14.2 Å². The van der Waals surface area contributed by atoms with Gasteiger partial charge in [-0.15, -0.1) is 0 Å². The molecule has 0 spiro atoms. The molecule has 1 heterocycles. The second-order valence-electron chi connectivity index (χ2n) is 7.48. The van der Waals surface area contributed by atoms with E-state index < -0.39 is 0 Å². The van der Waals surface area contributed by atoms with E-state index in [0.717, 1.165) is 22.5 Å². The van der Waals surface area contributed by atoms with E-state index in [1.165, 1.54) is 11.1 Å². The van der Waals surface area contributed by atoms with Gasteiger partial charge in [0.1, 0.15) is 0 Å². The molecule has 3 rings (SSSR count). The van der Waals surface area contributed by atoms with Crippen molar-refractivity contribution in [3.8, 4) is 17.2 Å². The van der Waals surface area contributed by atoms with Gasteiger partial charge < -0.3 is 18.8 Å². The molecule has 0 aliphatic rings. The van der Waals surface area contributed by atoms with E-state index in [1.54, 1.807) is 35.2 Å². The molecule has 3 aromatic rings. The molecule has 0 fully saturated rings. The molecule has 0 atom stereocenters. The second-order valence-corrected chi connectivity index (χ2v) is 9.44. The molecule has 8 heteroatoms. The van der Waals surface area contributed by atoms with Crippen LogP contribution in [0.5, 0.6) is 17.2 Å². The van der Waals surface area contributed by atoms with Crippen LogP contribution in [0.1, 0.15) is 42.3 Å². The number of aromatic nitrogens is 1. The number of amides is 1. The van der Waals surface area contributed by atoms with Crippen LogP contribution < -0.4 is 19.0 Å². The minimum Gasteiger partial charge on any atom is -0.490 e. The molecule has 178 valence electrons. The van der Waals surface area contributed by atoms with Crippen LogP contribution in [0, 0.1) is 13.8 Å². The number of thiazole rings is 1. The number of carbonyl (C=O) groups excluding carboxylic acids is 1. The number of fused-ring (bicyclic) bond motifs is 1. The average molecular weight is 489 g/mol. The summed E-state index contributed by atoms with van der Waals surface area (Å²) in [6.07, 6.45) is 2.08. The number of thioether (sulfide) groups is 1. The van der Waals surface area contributed by atoms with Crippen molar-refractivity contribution in [2.24, 2.45) is 4.99 Å². The minimum atomic E-state index is -0.334. The van der Waals surface area contributed by atoms with Gasteiger partial charge in [0.05, 0.1) is 30.0 Å². The summed E-state index contributed by atoms with van der Waals surface area (Å²) in [7, 11) is 0. The number of nitrogens with zero attached hydrogens (tertiary/aromatic N) is 2. The van der Waals surface area contributed by atoms with Crippen LogP contribution in [-0.2, 0) is 6.54 Å². The molecule has 0 saturated carbocycles. The van der Waals surface area contributed by atoms with Gasteiger partial charge in [-0.05, 0) is 70.2 Å². The molecule has 0 bridgehead atoms. The minimum absolute atomic E-state index is 0.334. The van der Waals surface area contributed by atoms with Crippen molar-refractivity contribution in [2.75, 3.05) is 31.8 Å². The summed E-state index contributed by atoms with van der Waals surface area (Å²) in [5.74, 6) is 2.09. The van der Waals surface area contributed by atoms with Gasteiger partial charge in [0, 0.05) is 17.9 Å². The maximum Gasteiger partial charge on any atom is 0.279 e. The van der Waals surface area contributed by atoms with Crippen LogP contribution in [-0.4, -0.2) is 42.3 Å². The molecule has 0 radical (unpaired) electrons. The highest BCUT2D eigenvalue weighted by atomic mass is 32.2. The van der Waals surface area contributed by atoms with Crippen LogP contribution >= 0.6 is 23.1 Å². The van der Waals surface area contributed by atoms with E-state index in [0.29, 0.717) is 47.4 Å². The molecule has 0 aliphatic carbocycles. The lowest BCUT2D eigenvalue weighted by Crippen LogP contribution is -2.18. The third-order valence-corrected chi connectivity index (χ3v) is 6.81. The lowest BCUT2D eigenvalue weighted by Gasteiger charge is -2.16. The fourth-order valence-corrected chi connectivity index (χ4v) is 5.13. The van der Waals surface area contributed by atoms with E-state index in [9.17, 15) is 4.79 Å². The number of carbonyl (C=O) groups is 1. The highest BCUT2D eigenvalue weighted by Crippen LogP contribution is 2.39. The predicted octanol–water partition coefficient (Wildman–Crippen LogP) is 5.62. The summed E-state index contributed by atoms with van der Waals surface area (Å²) in [6.45, 7) is 12.0. The predicted molar refractivity (Wildman–Crippen MR) is 138 cm³/mol. The van der Waals surface area contributed by atoms with Crippen molar-refractivity contribution in [3.05, 3.63) is 45.8 Å². The van der Waals surface area contributed by atoms with Crippen LogP contribution in [0.15, 0.2) is 29.3 Å². The SMILES string of the molecule is CCOc1cc(C(=O)N=c2sc3c(C)cc(C)cc3n2CCSC)cc(OCC)c1OCC. The Morgan fingerprint density at radius 1 is 1.00 bits per heavy atom. The molecule has 6 nitrogen and oxygen atoms in total. The zero-order valence-electron chi connectivity index (χ0n) is 20.2. The first-order chi connectivity index (χ1) is 15.9. The van der Waals surface area contributed by atoms with Crippen molar-refractivity contribution in [3.63, 3.8) is 0 Å². The molecule has 0 unspecified atom stereocenters. The third-order valence-electron chi connectivity index (χ3n) is 4.99. The fourth-order valence-electron chi connectivity index (χ4n) is 3.66. The normalized spacial score (nSPS) is 11.8. The molecule has 0 saturated heterocycles. The lowest BCUT2D eigenvalue weighted by molar-refractivity contribution is 0.0996. The number of hydrogen-bond donors (Lipinski definition) is 0. The first kappa shape index (κ1) is 25.2. The zero-order chi connectivity index (χ0) is 24.0. The molecule has 0 N–H and O–H groups in total. The summed E-state index contributed by atoms with van der Waals surface area (Å²) in [5.41, 5.74) is 3.92. The first-order valence-electron chi connectivity index (χ1n) is 11.2. The first-order valence-corrected chi connectivity index (χ1v) is 13.4. The highest BCUT2D eigenvalue weighted by Gasteiger charge is 2.19. The Bertz CT molecular complexity index is 1170. The van der Waals surface area contributed by atoms with Crippen molar-refractivity contribution in [2.45, 2.75) is 41.2 Å². The second kappa shape index (κ2) is 11.6.